The van der Waals surface area contributed by atoms with Crippen molar-refractivity contribution in [3.05, 3.63) is 72.3 Å². The maximum absolute atomic E-state index is 11.0. The fraction of sp³-hybridized carbons (Fsp3) is 0.208. The molecular weight excluding hydrogens is 360 g/mol. The van der Waals surface area contributed by atoms with Crippen LogP contribution < -0.4 is 10.2 Å². The molecule has 29 heavy (non-hydrogen) atoms. The third kappa shape index (κ3) is 2.73. The van der Waals surface area contributed by atoms with Crippen LogP contribution in [0.15, 0.2) is 66.7 Å². The first-order chi connectivity index (χ1) is 14.2. The van der Waals surface area contributed by atoms with E-state index in [4.69, 9.17) is 4.98 Å². The Hall–Kier alpha value is -3.47. The molecule has 0 spiro atoms. The van der Waals surface area contributed by atoms with Crippen LogP contribution in [0.2, 0.25) is 0 Å². The number of para-hydroxylation sites is 3. The predicted molar refractivity (Wildman–Crippen MR) is 119 cm³/mol. The zero-order valence-corrected chi connectivity index (χ0v) is 16.6. The van der Waals surface area contributed by atoms with Crippen molar-refractivity contribution in [1.82, 2.24) is 9.55 Å². The van der Waals surface area contributed by atoms with Crippen LogP contribution in [0.4, 0.5) is 11.4 Å². The number of aromatic nitrogens is 2. The number of rotatable bonds is 4. The molecule has 2 N–H and O–H groups in total. The van der Waals surface area contributed by atoms with Crippen molar-refractivity contribution in [2.24, 2.45) is 0 Å². The first-order valence-corrected chi connectivity index (χ1v) is 10.1. The minimum absolute atomic E-state index is 0.238. The van der Waals surface area contributed by atoms with Crippen molar-refractivity contribution >= 4 is 22.4 Å². The molecule has 0 bridgehead atoms. The molecular formula is C24H24N4O. The van der Waals surface area contributed by atoms with E-state index in [1.807, 2.05) is 42.5 Å². The van der Waals surface area contributed by atoms with Gasteiger partial charge in [0, 0.05) is 41.7 Å². The maximum Gasteiger partial charge on any atom is 0.145 e. The third-order valence-corrected chi connectivity index (χ3v) is 5.75. The Balaban J connectivity index is 1.70. The van der Waals surface area contributed by atoms with Gasteiger partial charge < -0.3 is 15.3 Å². The molecule has 4 aromatic rings. The Bertz CT molecular complexity index is 1190. The monoisotopic (exact) mass is 384 g/mol. The number of nitrogens with zero attached hydrogens (tertiary/aromatic N) is 3. The molecule has 1 aliphatic heterocycles. The lowest BCUT2D eigenvalue weighted by Gasteiger charge is -2.31. The number of aromatic hydroxyl groups is 1. The van der Waals surface area contributed by atoms with Crippen molar-refractivity contribution in [2.75, 3.05) is 23.3 Å². The number of fused-ring (bicyclic) bond motifs is 5. The highest BCUT2D eigenvalue weighted by atomic mass is 16.3. The Morgan fingerprint density at radius 2 is 1.76 bits per heavy atom. The van der Waals surface area contributed by atoms with E-state index in [0.717, 1.165) is 52.4 Å². The van der Waals surface area contributed by atoms with Crippen molar-refractivity contribution in [2.45, 2.75) is 20.0 Å². The molecule has 146 valence electrons. The Labute approximate surface area is 170 Å². The number of phenols is 1. The Morgan fingerprint density at radius 1 is 1.00 bits per heavy atom. The second-order valence-electron chi connectivity index (χ2n) is 7.30. The summed E-state index contributed by atoms with van der Waals surface area (Å²) in [6, 6.07) is 22.3. The second-order valence-corrected chi connectivity index (χ2v) is 7.30. The van der Waals surface area contributed by atoms with Gasteiger partial charge in [0.25, 0.3) is 0 Å². The van der Waals surface area contributed by atoms with Gasteiger partial charge in [0.15, 0.2) is 0 Å². The second kappa shape index (κ2) is 6.85. The van der Waals surface area contributed by atoms with Gasteiger partial charge in [0.05, 0.1) is 11.0 Å². The number of hydrogen-bond donors (Lipinski definition) is 2. The predicted octanol–water partition coefficient (Wildman–Crippen LogP) is 5.23. The SMILES string of the molecule is CCN(CC)c1ccc(C2Nc3ccccc3-c3nc4ccccc4n32)c(O)c1. The summed E-state index contributed by atoms with van der Waals surface area (Å²) in [5.74, 6) is 1.20. The van der Waals surface area contributed by atoms with Gasteiger partial charge in [0.1, 0.15) is 17.7 Å². The molecule has 0 aliphatic carbocycles. The van der Waals surface area contributed by atoms with Crippen molar-refractivity contribution < 1.29 is 5.11 Å². The summed E-state index contributed by atoms with van der Waals surface area (Å²) >= 11 is 0. The largest absolute Gasteiger partial charge is 0.507 e. The van der Waals surface area contributed by atoms with E-state index in [0.29, 0.717) is 0 Å². The van der Waals surface area contributed by atoms with Crippen LogP contribution >= 0.6 is 0 Å². The fourth-order valence-electron chi connectivity index (χ4n) is 4.28. The highest BCUT2D eigenvalue weighted by molar-refractivity contribution is 5.87. The smallest absolute Gasteiger partial charge is 0.145 e. The molecule has 1 unspecified atom stereocenters. The first-order valence-electron chi connectivity index (χ1n) is 10.1. The quantitative estimate of drug-likeness (QED) is 0.506. The molecule has 0 radical (unpaired) electrons. The molecule has 1 aromatic heterocycles. The van der Waals surface area contributed by atoms with E-state index in [-0.39, 0.29) is 11.9 Å². The lowest BCUT2D eigenvalue weighted by Crippen LogP contribution is -2.25. The van der Waals surface area contributed by atoms with Crippen LogP contribution in [0, 0.1) is 0 Å². The highest BCUT2D eigenvalue weighted by Gasteiger charge is 2.29. The summed E-state index contributed by atoms with van der Waals surface area (Å²) in [7, 11) is 0. The van der Waals surface area contributed by atoms with Gasteiger partial charge in [-0.2, -0.15) is 0 Å². The molecule has 5 nitrogen and oxygen atoms in total. The van der Waals surface area contributed by atoms with Crippen molar-refractivity contribution in [1.29, 1.82) is 0 Å². The average Bonchev–Trinajstić information content (AvgIpc) is 3.14. The van der Waals surface area contributed by atoms with Gasteiger partial charge in [-0.15, -0.1) is 0 Å². The molecule has 0 saturated heterocycles. The van der Waals surface area contributed by atoms with Crippen LogP contribution in [-0.2, 0) is 0 Å². The normalized spacial score (nSPS) is 14.9. The van der Waals surface area contributed by atoms with Gasteiger partial charge in [-0.3, -0.25) is 4.57 Å². The fourth-order valence-corrected chi connectivity index (χ4v) is 4.28. The number of nitrogens with one attached hydrogen (secondary N) is 1. The molecule has 0 amide bonds. The molecule has 1 atom stereocenters. The lowest BCUT2D eigenvalue weighted by molar-refractivity contribution is 0.459. The number of hydrogen-bond acceptors (Lipinski definition) is 4. The molecule has 3 aromatic carbocycles. The minimum Gasteiger partial charge on any atom is -0.507 e. The van der Waals surface area contributed by atoms with E-state index in [1.54, 1.807) is 0 Å². The van der Waals surface area contributed by atoms with E-state index in [9.17, 15) is 5.11 Å². The molecule has 2 heterocycles. The summed E-state index contributed by atoms with van der Waals surface area (Å²) in [6.07, 6.45) is -0.238. The van der Waals surface area contributed by atoms with Crippen LogP contribution in [-0.4, -0.2) is 27.7 Å². The maximum atomic E-state index is 11.0. The average molecular weight is 384 g/mol. The number of phenolic OH excluding ortho intramolecular Hbond substituents is 1. The van der Waals surface area contributed by atoms with Crippen LogP contribution in [0.5, 0.6) is 5.75 Å². The van der Waals surface area contributed by atoms with E-state index in [2.05, 4.69) is 52.9 Å². The van der Waals surface area contributed by atoms with E-state index < -0.39 is 0 Å². The molecule has 0 fully saturated rings. The van der Waals surface area contributed by atoms with E-state index >= 15 is 0 Å². The van der Waals surface area contributed by atoms with Gasteiger partial charge in [0.2, 0.25) is 0 Å². The van der Waals surface area contributed by atoms with Crippen molar-refractivity contribution in [3.8, 4) is 17.1 Å². The lowest BCUT2D eigenvalue weighted by atomic mass is 10.0. The Kier molecular flexibility index (Phi) is 4.16. The van der Waals surface area contributed by atoms with Gasteiger partial charge in [-0.1, -0.05) is 24.3 Å². The molecule has 1 aliphatic rings. The van der Waals surface area contributed by atoms with Crippen LogP contribution in [0.3, 0.4) is 0 Å². The van der Waals surface area contributed by atoms with Crippen LogP contribution in [0.25, 0.3) is 22.4 Å². The Morgan fingerprint density at radius 3 is 2.55 bits per heavy atom. The third-order valence-electron chi connectivity index (χ3n) is 5.75. The zero-order valence-electron chi connectivity index (χ0n) is 16.6. The summed E-state index contributed by atoms with van der Waals surface area (Å²) in [6.45, 7) is 6.05. The highest BCUT2D eigenvalue weighted by Crippen LogP contribution is 2.42. The summed E-state index contributed by atoms with van der Waals surface area (Å²) in [5.41, 5.74) is 5.95. The van der Waals surface area contributed by atoms with Gasteiger partial charge in [-0.25, -0.2) is 4.98 Å². The summed E-state index contributed by atoms with van der Waals surface area (Å²) in [5, 5.41) is 14.6. The molecule has 5 rings (SSSR count). The first kappa shape index (κ1) is 17.6. The van der Waals surface area contributed by atoms with Crippen molar-refractivity contribution in [3.63, 3.8) is 0 Å². The van der Waals surface area contributed by atoms with Gasteiger partial charge in [-0.05, 0) is 50.2 Å². The number of anilines is 2. The minimum atomic E-state index is -0.238. The number of imidazole rings is 1. The number of benzene rings is 3. The molecule has 0 saturated carbocycles. The summed E-state index contributed by atoms with van der Waals surface area (Å²) < 4.78 is 2.18. The molecule has 5 heteroatoms. The standard InChI is InChI=1S/C24H24N4O/c1-3-27(4-2)16-13-14-18(22(29)15-16)24-25-19-10-6-5-9-17(19)23-26-20-11-7-8-12-21(20)28(23)24/h5-15,24-25,29H,3-4H2,1-2H3. The van der Waals surface area contributed by atoms with Crippen LogP contribution in [0.1, 0.15) is 25.6 Å². The topological polar surface area (TPSA) is 53.3 Å². The van der Waals surface area contributed by atoms with E-state index in [1.165, 1.54) is 0 Å². The summed E-state index contributed by atoms with van der Waals surface area (Å²) in [4.78, 5) is 7.13. The zero-order chi connectivity index (χ0) is 20.0. The van der Waals surface area contributed by atoms with Gasteiger partial charge >= 0.3 is 0 Å².